The smallest absolute Gasteiger partial charge is 0.228 e. The van der Waals surface area contributed by atoms with Gasteiger partial charge in [0, 0.05) is 37.5 Å². The highest BCUT2D eigenvalue weighted by Gasteiger charge is 2.31. The molecule has 2 aliphatic heterocycles. The lowest BCUT2D eigenvalue weighted by Gasteiger charge is -2.33. The molecule has 18 heavy (non-hydrogen) atoms. The van der Waals surface area contributed by atoms with Crippen molar-refractivity contribution in [3.63, 3.8) is 0 Å². The summed E-state index contributed by atoms with van der Waals surface area (Å²) in [5.41, 5.74) is 1.15. The van der Waals surface area contributed by atoms with Gasteiger partial charge in [-0.05, 0) is 25.3 Å². The monoisotopic (exact) mass is 249 g/mol. The molecule has 5 heteroatoms. The van der Waals surface area contributed by atoms with Crippen LogP contribution in [0.1, 0.15) is 30.9 Å². The number of carbonyl (C=O) groups is 1. The van der Waals surface area contributed by atoms with Crippen molar-refractivity contribution in [2.75, 3.05) is 26.3 Å². The van der Waals surface area contributed by atoms with Crippen LogP contribution in [-0.2, 0) is 9.53 Å². The quantitative estimate of drug-likeness (QED) is 0.855. The average molecular weight is 249 g/mol. The number of nitrogens with one attached hydrogen (secondary N) is 1. The van der Waals surface area contributed by atoms with Gasteiger partial charge in [0.15, 0.2) is 0 Å². The number of ether oxygens (including phenoxy) is 1. The van der Waals surface area contributed by atoms with E-state index < -0.39 is 0 Å². The van der Waals surface area contributed by atoms with Crippen LogP contribution in [0.2, 0.25) is 0 Å². The number of rotatable bonds is 2. The number of hydrogen-bond donors (Lipinski definition) is 1. The molecule has 3 rings (SSSR count). The number of hydrogen-bond acceptors (Lipinski definition) is 3. The maximum absolute atomic E-state index is 12.3. The van der Waals surface area contributed by atoms with Crippen molar-refractivity contribution in [1.82, 2.24) is 15.1 Å². The maximum Gasteiger partial charge on any atom is 0.228 e. The summed E-state index contributed by atoms with van der Waals surface area (Å²) in [6.07, 6.45) is 4.86. The summed E-state index contributed by atoms with van der Waals surface area (Å²) in [7, 11) is 0. The second kappa shape index (κ2) is 5.10. The Labute approximate surface area is 107 Å². The van der Waals surface area contributed by atoms with Gasteiger partial charge in [-0.3, -0.25) is 9.89 Å². The number of piperidine rings is 1. The third-order valence-corrected chi connectivity index (χ3v) is 3.97. The standard InChI is InChI=1S/C13H19N3O2/c17-13(11-4-7-18-9-11)16-6-1-2-10(8-16)12-3-5-14-15-12/h3,5,10-11H,1-2,4,6-9H2,(H,14,15). The summed E-state index contributed by atoms with van der Waals surface area (Å²) in [6.45, 7) is 3.04. The Balaban J connectivity index is 1.64. The fraction of sp³-hybridized carbons (Fsp3) is 0.692. The van der Waals surface area contributed by atoms with E-state index in [9.17, 15) is 4.79 Å². The van der Waals surface area contributed by atoms with Crippen molar-refractivity contribution >= 4 is 5.91 Å². The lowest BCUT2D eigenvalue weighted by molar-refractivity contribution is -0.136. The molecule has 0 aromatic carbocycles. The van der Waals surface area contributed by atoms with Crippen LogP contribution in [0, 0.1) is 5.92 Å². The minimum absolute atomic E-state index is 0.0884. The van der Waals surface area contributed by atoms with E-state index in [0.29, 0.717) is 12.5 Å². The fourth-order valence-corrected chi connectivity index (χ4v) is 2.91. The predicted octanol–water partition coefficient (Wildman–Crippen LogP) is 1.15. The third kappa shape index (κ3) is 2.27. The van der Waals surface area contributed by atoms with E-state index in [0.717, 1.165) is 44.7 Å². The normalized spacial score (nSPS) is 28.6. The van der Waals surface area contributed by atoms with Gasteiger partial charge in [-0.25, -0.2) is 0 Å². The third-order valence-electron chi connectivity index (χ3n) is 3.97. The molecule has 1 aromatic rings. The van der Waals surface area contributed by atoms with Crippen LogP contribution in [0.15, 0.2) is 12.3 Å². The lowest BCUT2D eigenvalue weighted by Crippen LogP contribution is -2.42. The van der Waals surface area contributed by atoms with Crippen LogP contribution in [0.3, 0.4) is 0 Å². The van der Waals surface area contributed by atoms with Gasteiger partial charge in [0.2, 0.25) is 5.91 Å². The highest BCUT2D eigenvalue weighted by atomic mass is 16.5. The van der Waals surface area contributed by atoms with Gasteiger partial charge in [0.05, 0.1) is 12.5 Å². The van der Waals surface area contributed by atoms with Crippen LogP contribution in [-0.4, -0.2) is 47.3 Å². The molecule has 2 fully saturated rings. The largest absolute Gasteiger partial charge is 0.381 e. The highest BCUT2D eigenvalue weighted by Crippen LogP contribution is 2.27. The van der Waals surface area contributed by atoms with Crippen molar-refractivity contribution in [2.45, 2.75) is 25.2 Å². The van der Waals surface area contributed by atoms with E-state index in [1.807, 2.05) is 11.0 Å². The number of amides is 1. The minimum atomic E-state index is 0.0884. The Bertz CT molecular complexity index is 398. The molecule has 2 unspecified atom stereocenters. The number of carbonyl (C=O) groups excluding carboxylic acids is 1. The molecule has 0 bridgehead atoms. The summed E-state index contributed by atoms with van der Waals surface area (Å²) in [5.74, 6) is 0.773. The van der Waals surface area contributed by atoms with Crippen LogP contribution in [0.4, 0.5) is 0 Å². The number of likely N-dealkylation sites (tertiary alicyclic amines) is 1. The van der Waals surface area contributed by atoms with E-state index in [1.165, 1.54) is 0 Å². The lowest BCUT2D eigenvalue weighted by atomic mass is 9.93. The van der Waals surface area contributed by atoms with E-state index in [2.05, 4.69) is 10.2 Å². The molecule has 0 radical (unpaired) electrons. The molecule has 98 valence electrons. The zero-order chi connectivity index (χ0) is 12.4. The van der Waals surface area contributed by atoms with Crippen molar-refractivity contribution in [1.29, 1.82) is 0 Å². The van der Waals surface area contributed by atoms with E-state index in [1.54, 1.807) is 6.20 Å². The first kappa shape index (κ1) is 11.7. The zero-order valence-corrected chi connectivity index (χ0v) is 10.5. The number of nitrogens with zero attached hydrogens (tertiary/aromatic N) is 2. The second-order valence-corrected chi connectivity index (χ2v) is 5.20. The molecule has 1 aromatic heterocycles. The van der Waals surface area contributed by atoms with Gasteiger partial charge >= 0.3 is 0 Å². The maximum atomic E-state index is 12.3. The van der Waals surface area contributed by atoms with Crippen molar-refractivity contribution in [2.24, 2.45) is 5.92 Å². The first-order chi connectivity index (χ1) is 8.84. The predicted molar refractivity (Wildman–Crippen MR) is 66.1 cm³/mol. The topological polar surface area (TPSA) is 58.2 Å². The van der Waals surface area contributed by atoms with Crippen molar-refractivity contribution in [3.05, 3.63) is 18.0 Å². The SMILES string of the molecule is O=C(C1CCOC1)N1CCCC(c2ccn[nH]2)C1. The number of aromatic amines is 1. The summed E-state index contributed by atoms with van der Waals surface area (Å²) in [4.78, 5) is 14.3. The Morgan fingerprint density at radius 2 is 2.44 bits per heavy atom. The molecule has 2 saturated heterocycles. The molecule has 0 aliphatic carbocycles. The molecule has 5 nitrogen and oxygen atoms in total. The molecule has 2 aliphatic rings. The summed E-state index contributed by atoms with van der Waals surface area (Å²) < 4.78 is 5.30. The molecular weight excluding hydrogens is 230 g/mol. The summed E-state index contributed by atoms with van der Waals surface area (Å²) in [6, 6.07) is 2.01. The Morgan fingerprint density at radius 3 is 3.17 bits per heavy atom. The van der Waals surface area contributed by atoms with Crippen LogP contribution in [0.5, 0.6) is 0 Å². The summed E-state index contributed by atoms with van der Waals surface area (Å²) in [5, 5.41) is 7.02. The van der Waals surface area contributed by atoms with Crippen LogP contribution in [0.25, 0.3) is 0 Å². The number of H-pyrrole nitrogens is 1. The van der Waals surface area contributed by atoms with Gasteiger partial charge in [0.1, 0.15) is 0 Å². The molecule has 1 N–H and O–H groups in total. The molecule has 0 spiro atoms. The molecular formula is C13H19N3O2. The average Bonchev–Trinajstić information content (AvgIpc) is 3.11. The molecule has 0 saturated carbocycles. The minimum Gasteiger partial charge on any atom is -0.381 e. The second-order valence-electron chi connectivity index (χ2n) is 5.20. The van der Waals surface area contributed by atoms with Gasteiger partial charge < -0.3 is 9.64 Å². The van der Waals surface area contributed by atoms with Crippen molar-refractivity contribution in [3.8, 4) is 0 Å². The molecule has 3 heterocycles. The Kier molecular flexibility index (Phi) is 3.32. The molecule has 2 atom stereocenters. The van der Waals surface area contributed by atoms with Gasteiger partial charge in [-0.2, -0.15) is 5.10 Å². The zero-order valence-electron chi connectivity index (χ0n) is 10.5. The summed E-state index contributed by atoms with van der Waals surface area (Å²) >= 11 is 0. The van der Waals surface area contributed by atoms with E-state index in [-0.39, 0.29) is 11.8 Å². The first-order valence-corrected chi connectivity index (χ1v) is 6.70. The Hall–Kier alpha value is -1.36. The first-order valence-electron chi connectivity index (χ1n) is 6.70. The van der Waals surface area contributed by atoms with Crippen molar-refractivity contribution < 1.29 is 9.53 Å². The Morgan fingerprint density at radius 1 is 1.50 bits per heavy atom. The fourth-order valence-electron chi connectivity index (χ4n) is 2.91. The van der Waals surface area contributed by atoms with Gasteiger partial charge in [0.25, 0.3) is 0 Å². The molecule has 1 amide bonds. The van der Waals surface area contributed by atoms with Gasteiger partial charge in [-0.1, -0.05) is 0 Å². The van der Waals surface area contributed by atoms with Gasteiger partial charge in [-0.15, -0.1) is 0 Å². The van der Waals surface area contributed by atoms with E-state index >= 15 is 0 Å². The number of aromatic nitrogens is 2. The van der Waals surface area contributed by atoms with E-state index in [4.69, 9.17) is 4.74 Å². The highest BCUT2D eigenvalue weighted by molar-refractivity contribution is 5.79. The van der Waals surface area contributed by atoms with Crippen LogP contribution >= 0.6 is 0 Å². The van der Waals surface area contributed by atoms with Crippen LogP contribution < -0.4 is 0 Å².